The van der Waals surface area contributed by atoms with E-state index in [1.54, 1.807) is 6.08 Å². The van der Waals surface area contributed by atoms with Gasteiger partial charge in [-0.3, -0.25) is 4.79 Å². The number of hydrogen-bond acceptors (Lipinski definition) is 2. The van der Waals surface area contributed by atoms with E-state index in [4.69, 9.17) is 4.74 Å². The zero-order valence-electron chi connectivity index (χ0n) is 8.39. The van der Waals surface area contributed by atoms with Gasteiger partial charge in [-0.2, -0.15) is 0 Å². The lowest BCUT2D eigenvalue weighted by molar-refractivity contribution is -0.142. The van der Waals surface area contributed by atoms with Crippen molar-refractivity contribution in [2.75, 3.05) is 6.61 Å². The van der Waals surface area contributed by atoms with Crippen molar-refractivity contribution in [2.24, 2.45) is 0 Å². The third-order valence-corrected chi connectivity index (χ3v) is 4.05. The second kappa shape index (κ2) is 4.45. The van der Waals surface area contributed by atoms with Crippen LogP contribution in [-0.2, 0) is 9.53 Å². The molecule has 0 amide bonds. The van der Waals surface area contributed by atoms with E-state index in [1.807, 2.05) is 6.92 Å². The molecule has 70 valence electrons. The van der Waals surface area contributed by atoms with Crippen LogP contribution in [0.4, 0.5) is 0 Å². The average molecular weight is 186 g/mol. The van der Waals surface area contributed by atoms with Crippen LogP contribution in [0.5, 0.6) is 0 Å². The van der Waals surface area contributed by atoms with E-state index < -0.39 is 8.07 Å². The molecule has 0 radical (unpaired) electrons. The first-order valence-corrected chi connectivity index (χ1v) is 7.80. The van der Waals surface area contributed by atoms with Gasteiger partial charge in [0.05, 0.1) is 20.2 Å². The van der Waals surface area contributed by atoms with Crippen LogP contribution in [0.3, 0.4) is 0 Å². The van der Waals surface area contributed by atoms with E-state index in [-0.39, 0.29) is 11.5 Å². The summed E-state index contributed by atoms with van der Waals surface area (Å²) in [6.07, 6.45) is 1.71. The molecule has 0 aliphatic heterocycles. The minimum Gasteiger partial charge on any atom is -0.466 e. The second-order valence-electron chi connectivity index (χ2n) is 3.83. The number of ether oxygens (including phenoxy) is 1. The molecular formula is C9H18O2Si. The normalized spacial score (nSPS) is 13.7. The zero-order valence-corrected chi connectivity index (χ0v) is 9.39. The molecule has 0 bridgehead atoms. The second-order valence-corrected chi connectivity index (χ2v) is 9.19. The topological polar surface area (TPSA) is 26.3 Å². The van der Waals surface area contributed by atoms with Gasteiger partial charge in [-0.15, -0.1) is 6.58 Å². The maximum absolute atomic E-state index is 11.4. The monoisotopic (exact) mass is 186 g/mol. The molecule has 0 spiro atoms. The summed E-state index contributed by atoms with van der Waals surface area (Å²) in [5.74, 6) is -0.119. The highest BCUT2D eigenvalue weighted by atomic mass is 28.3. The predicted octanol–water partition coefficient (Wildman–Crippen LogP) is 2.44. The summed E-state index contributed by atoms with van der Waals surface area (Å²) in [5, 5.41) is 0. The van der Waals surface area contributed by atoms with Crippen LogP contribution < -0.4 is 0 Å². The van der Waals surface area contributed by atoms with E-state index in [0.717, 1.165) is 0 Å². The van der Waals surface area contributed by atoms with Gasteiger partial charge >= 0.3 is 5.97 Å². The Balaban J connectivity index is 4.35. The molecule has 0 aliphatic rings. The maximum atomic E-state index is 11.4. The van der Waals surface area contributed by atoms with Crippen LogP contribution in [0.2, 0.25) is 25.2 Å². The van der Waals surface area contributed by atoms with Gasteiger partial charge in [0.15, 0.2) is 0 Å². The van der Waals surface area contributed by atoms with Gasteiger partial charge in [0.25, 0.3) is 0 Å². The molecule has 0 heterocycles. The quantitative estimate of drug-likeness (QED) is 0.383. The SMILES string of the molecule is C=CC(C(=O)OCC)[Si](C)(C)C. The van der Waals surface area contributed by atoms with Crippen molar-refractivity contribution >= 4 is 14.0 Å². The molecule has 0 aromatic carbocycles. The Morgan fingerprint density at radius 2 is 2.08 bits per heavy atom. The lowest BCUT2D eigenvalue weighted by Gasteiger charge is -2.23. The van der Waals surface area contributed by atoms with Crippen LogP contribution in [0.15, 0.2) is 12.7 Å². The van der Waals surface area contributed by atoms with Crippen molar-refractivity contribution in [3.8, 4) is 0 Å². The first-order valence-electron chi connectivity index (χ1n) is 4.22. The number of carbonyl (C=O) groups is 1. The van der Waals surface area contributed by atoms with Crippen LogP contribution >= 0.6 is 0 Å². The Morgan fingerprint density at radius 3 is 2.33 bits per heavy atom. The van der Waals surface area contributed by atoms with E-state index in [9.17, 15) is 4.79 Å². The molecule has 1 atom stereocenters. The van der Waals surface area contributed by atoms with E-state index >= 15 is 0 Å². The number of carbonyl (C=O) groups excluding carboxylic acids is 1. The van der Waals surface area contributed by atoms with Crippen molar-refractivity contribution in [1.29, 1.82) is 0 Å². The molecule has 0 aliphatic carbocycles. The highest BCUT2D eigenvalue weighted by Gasteiger charge is 2.31. The van der Waals surface area contributed by atoms with E-state index in [0.29, 0.717) is 6.61 Å². The fourth-order valence-corrected chi connectivity index (χ4v) is 2.53. The van der Waals surface area contributed by atoms with Gasteiger partial charge in [0, 0.05) is 0 Å². The lowest BCUT2D eigenvalue weighted by atomic mass is 10.4. The van der Waals surface area contributed by atoms with Crippen molar-refractivity contribution < 1.29 is 9.53 Å². The number of esters is 1. The Morgan fingerprint density at radius 1 is 1.58 bits per heavy atom. The summed E-state index contributed by atoms with van der Waals surface area (Å²) in [7, 11) is -1.48. The molecule has 0 saturated heterocycles. The molecular weight excluding hydrogens is 168 g/mol. The van der Waals surface area contributed by atoms with E-state index in [2.05, 4.69) is 26.2 Å². The number of rotatable bonds is 4. The van der Waals surface area contributed by atoms with E-state index in [1.165, 1.54) is 0 Å². The summed E-state index contributed by atoms with van der Waals surface area (Å²) >= 11 is 0. The first-order chi connectivity index (χ1) is 5.43. The predicted molar refractivity (Wildman–Crippen MR) is 53.9 cm³/mol. The molecule has 1 unspecified atom stereocenters. The van der Waals surface area contributed by atoms with Crippen molar-refractivity contribution in [1.82, 2.24) is 0 Å². The first kappa shape index (κ1) is 11.4. The fourth-order valence-electron chi connectivity index (χ4n) is 1.04. The molecule has 12 heavy (non-hydrogen) atoms. The van der Waals surface area contributed by atoms with Crippen molar-refractivity contribution in [3.63, 3.8) is 0 Å². The van der Waals surface area contributed by atoms with Gasteiger partial charge < -0.3 is 4.74 Å². The molecule has 0 fully saturated rings. The van der Waals surface area contributed by atoms with Crippen molar-refractivity contribution in [2.45, 2.75) is 32.1 Å². The maximum Gasteiger partial charge on any atom is 0.309 e. The summed E-state index contributed by atoms with van der Waals surface area (Å²) in [6, 6.07) is 0. The van der Waals surface area contributed by atoms with Crippen LogP contribution in [-0.4, -0.2) is 20.7 Å². The number of hydrogen-bond donors (Lipinski definition) is 0. The summed E-state index contributed by atoms with van der Waals surface area (Å²) in [6.45, 7) is 12.3. The summed E-state index contributed by atoms with van der Waals surface area (Å²) < 4.78 is 4.95. The third-order valence-electron chi connectivity index (χ3n) is 1.71. The largest absolute Gasteiger partial charge is 0.466 e. The standard InChI is InChI=1S/C9H18O2Si/c1-6-8(12(3,4)5)9(10)11-7-2/h6,8H,1,7H2,2-5H3. The fraction of sp³-hybridized carbons (Fsp3) is 0.667. The lowest BCUT2D eigenvalue weighted by Crippen LogP contribution is -2.33. The van der Waals surface area contributed by atoms with Gasteiger partial charge in [0.2, 0.25) is 0 Å². The third kappa shape index (κ3) is 3.22. The molecule has 2 nitrogen and oxygen atoms in total. The van der Waals surface area contributed by atoms with Crippen LogP contribution in [0.25, 0.3) is 0 Å². The van der Waals surface area contributed by atoms with Crippen LogP contribution in [0, 0.1) is 0 Å². The van der Waals surface area contributed by atoms with Crippen molar-refractivity contribution in [3.05, 3.63) is 12.7 Å². The Bertz CT molecular complexity index is 170. The summed E-state index contributed by atoms with van der Waals surface area (Å²) in [4.78, 5) is 11.4. The highest BCUT2D eigenvalue weighted by molar-refractivity contribution is 6.80. The van der Waals surface area contributed by atoms with Crippen LogP contribution in [0.1, 0.15) is 6.92 Å². The van der Waals surface area contributed by atoms with Gasteiger partial charge in [0.1, 0.15) is 0 Å². The Labute approximate surface area is 75.6 Å². The highest BCUT2D eigenvalue weighted by Crippen LogP contribution is 2.23. The zero-order chi connectivity index (χ0) is 9.78. The molecule has 3 heteroatoms. The van der Waals surface area contributed by atoms with Gasteiger partial charge in [-0.25, -0.2) is 0 Å². The molecule has 0 aromatic heterocycles. The minimum atomic E-state index is -1.48. The average Bonchev–Trinajstić information content (AvgIpc) is 1.85. The molecule has 0 N–H and O–H groups in total. The smallest absolute Gasteiger partial charge is 0.309 e. The Kier molecular flexibility index (Phi) is 4.24. The molecule has 0 saturated carbocycles. The van der Waals surface area contributed by atoms with Gasteiger partial charge in [-0.05, 0) is 6.92 Å². The Hall–Kier alpha value is -0.573. The molecule has 0 aromatic rings. The van der Waals surface area contributed by atoms with Gasteiger partial charge in [-0.1, -0.05) is 25.7 Å². The molecule has 0 rings (SSSR count). The minimum absolute atomic E-state index is 0.0718. The summed E-state index contributed by atoms with van der Waals surface area (Å²) in [5.41, 5.74) is -0.0718.